The first-order valence-electron chi connectivity index (χ1n) is 6.30. The van der Waals surface area contributed by atoms with Crippen LogP contribution in [0.2, 0.25) is 0 Å². The van der Waals surface area contributed by atoms with E-state index in [1.165, 1.54) is 7.11 Å². The highest BCUT2D eigenvalue weighted by Crippen LogP contribution is 1.99. The van der Waals surface area contributed by atoms with Crippen LogP contribution in [0.25, 0.3) is 0 Å². The van der Waals surface area contributed by atoms with Gasteiger partial charge < -0.3 is 25.2 Å². The summed E-state index contributed by atoms with van der Waals surface area (Å²) in [6.07, 6.45) is 1.12. The number of methoxy groups -OCH3 is 2. The quantitative estimate of drug-likeness (QED) is 0.520. The average molecular weight is 290 g/mol. The van der Waals surface area contributed by atoms with Gasteiger partial charge in [0.15, 0.2) is 0 Å². The number of carbonyl (C=O) groups is 3. The molecule has 0 spiro atoms. The minimum Gasteiger partial charge on any atom is -0.480 e. The minimum atomic E-state index is -1.33. The molecule has 0 aliphatic rings. The highest BCUT2D eigenvalue weighted by atomic mass is 16.5. The van der Waals surface area contributed by atoms with Crippen LogP contribution in [0.1, 0.15) is 26.2 Å². The zero-order valence-corrected chi connectivity index (χ0v) is 12.0. The second kappa shape index (κ2) is 10.0. The van der Waals surface area contributed by atoms with Crippen LogP contribution in [0, 0.1) is 0 Å². The lowest BCUT2D eigenvalue weighted by Gasteiger charge is -2.19. The molecular weight excluding hydrogens is 268 g/mol. The molecule has 8 heteroatoms. The Morgan fingerprint density at radius 2 is 1.85 bits per heavy atom. The van der Waals surface area contributed by atoms with Crippen LogP contribution in [0.4, 0.5) is 4.79 Å². The van der Waals surface area contributed by atoms with Gasteiger partial charge >= 0.3 is 18.0 Å². The van der Waals surface area contributed by atoms with Crippen LogP contribution in [0.15, 0.2) is 0 Å². The molecule has 3 N–H and O–H groups in total. The summed E-state index contributed by atoms with van der Waals surface area (Å²) in [6.45, 7) is 2.29. The molecule has 0 aliphatic carbocycles. The maximum atomic E-state index is 11.7. The zero-order chi connectivity index (χ0) is 15.5. The lowest BCUT2D eigenvalue weighted by atomic mass is 10.2. The monoisotopic (exact) mass is 290 g/mol. The van der Waals surface area contributed by atoms with Gasteiger partial charge in [-0.1, -0.05) is 13.3 Å². The number of carboxylic acid groups (broad SMARTS) is 1. The van der Waals surface area contributed by atoms with Crippen LogP contribution in [0.5, 0.6) is 0 Å². The second-order valence-electron chi connectivity index (χ2n) is 4.23. The normalized spacial score (nSPS) is 13.2. The molecule has 0 saturated heterocycles. The molecule has 20 heavy (non-hydrogen) atoms. The first kappa shape index (κ1) is 18.2. The van der Waals surface area contributed by atoms with E-state index in [2.05, 4.69) is 15.4 Å². The molecule has 8 nitrogen and oxygen atoms in total. The first-order chi connectivity index (χ1) is 9.44. The summed E-state index contributed by atoms with van der Waals surface area (Å²) in [6, 6.07) is -2.19. The number of carboxylic acids is 1. The summed E-state index contributed by atoms with van der Waals surface area (Å²) < 4.78 is 9.34. The van der Waals surface area contributed by atoms with E-state index >= 15 is 0 Å². The molecular formula is C12H22N2O6. The Bertz CT molecular complexity index is 328. The third kappa shape index (κ3) is 7.57. The van der Waals surface area contributed by atoms with Gasteiger partial charge in [0.05, 0.1) is 26.2 Å². The Morgan fingerprint density at radius 1 is 1.20 bits per heavy atom. The summed E-state index contributed by atoms with van der Waals surface area (Å²) in [5.74, 6) is -2.01. The van der Waals surface area contributed by atoms with E-state index in [0.29, 0.717) is 13.0 Å². The van der Waals surface area contributed by atoms with E-state index in [1.54, 1.807) is 0 Å². The molecule has 0 aromatic carbocycles. The van der Waals surface area contributed by atoms with Gasteiger partial charge in [-0.05, 0) is 6.42 Å². The first-order valence-corrected chi connectivity index (χ1v) is 6.30. The van der Waals surface area contributed by atoms with Gasteiger partial charge in [-0.3, -0.25) is 4.79 Å². The Morgan fingerprint density at radius 3 is 2.30 bits per heavy atom. The largest absolute Gasteiger partial charge is 0.480 e. The predicted octanol–water partition coefficient (Wildman–Crippen LogP) is 0.117. The zero-order valence-electron chi connectivity index (χ0n) is 12.0. The van der Waals surface area contributed by atoms with Crippen molar-refractivity contribution >= 4 is 18.0 Å². The van der Waals surface area contributed by atoms with Crippen LogP contribution < -0.4 is 10.6 Å². The molecule has 2 amide bonds. The molecule has 0 aliphatic heterocycles. The topological polar surface area (TPSA) is 114 Å². The number of aliphatic carboxylic acids is 1. The summed E-state index contributed by atoms with van der Waals surface area (Å²) >= 11 is 0. The van der Waals surface area contributed by atoms with E-state index in [9.17, 15) is 14.4 Å². The molecule has 0 fully saturated rings. The van der Waals surface area contributed by atoms with Gasteiger partial charge in [-0.15, -0.1) is 0 Å². The lowest BCUT2D eigenvalue weighted by Crippen LogP contribution is -2.50. The van der Waals surface area contributed by atoms with Crippen LogP contribution in [-0.2, 0) is 19.1 Å². The van der Waals surface area contributed by atoms with Crippen molar-refractivity contribution in [2.75, 3.05) is 20.8 Å². The molecule has 0 bridgehead atoms. The SMILES string of the molecule is CCCC(COC)NC(=O)N[C@@H](CC(=O)OC)C(=O)O. The number of amides is 2. The van der Waals surface area contributed by atoms with Crippen molar-refractivity contribution in [3.8, 4) is 0 Å². The third-order valence-electron chi connectivity index (χ3n) is 2.54. The standard InChI is InChI=1S/C12H22N2O6/c1-4-5-8(7-19-2)13-12(18)14-9(11(16)17)6-10(15)20-3/h8-9H,4-7H2,1-3H3,(H,16,17)(H2,13,14,18)/t8?,9-/m0/s1. The fourth-order valence-electron chi connectivity index (χ4n) is 1.58. The van der Waals surface area contributed by atoms with Crippen molar-refractivity contribution in [3.63, 3.8) is 0 Å². The molecule has 0 radical (unpaired) electrons. The Balaban J connectivity index is 4.43. The summed E-state index contributed by atoms with van der Waals surface area (Å²) in [4.78, 5) is 33.7. The molecule has 0 heterocycles. The minimum absolute atomic E-state index is 0.211. The Labute approximate surface area is 117 Å². The van der Waals surface area contributed by atoms with Crippen molar-refractivity contribution in [3.05, 3.63) is 0 Å². The smallest absolute Gasteiger partial charge is 0.326 e. The number of rotatable bonds is 9. The second-order valence-corrected chi connectivity index (χ2v) is 4.23. The fraction of sp³-hybridized carbons (Fsp3) is 0.750. The summed E-state index contributed by atoms with van der Waals surface area (Å²) in [7, 11) is 2.66. The molecule has 0 aromatic heterocycles. The van der Waals surface area contributed by atoms with E-state index in [1.807, 2.05) is 6.92 Å². The number of hydrogen-bond acceptors (Lipinski definition) is 5. The maximum absolute atomic E-state index is 11.7. The van der Waals surface area contributed by atoms with Gasteiger partial charge in [0.1, 0.15) is 6.04 Å². The van der Waals surface area contributed by atoms with Crippen molar-refractivity contribution < 1.29 is 29.0 Å². The molecule has 0 rings (SSSR count). The number of hydrogen-bond donors (Lipinski definition) is 3. The van der Waals surface area contributed by atoms with Crippen molar-refractivity contribution in [2.24, 2.45) is 0 Å². The van der Waals surface area contributed by atoms with Gasteiger partial charge in [-0.2, -0.15) is 0 Å². The fourth-order valence-corrected chi connectivity index (χ4v) is 1.58. The number of nitrogens with one attached hydrogen (secondary N) is 2. The highest BCUT2D eigenvalue weighted by molar-refractivity contribution is 5.86. The van der Waals surface area contributed by atoms with Crippen LogP contribution >= 0.6 is 0 Å². The number of carbonyl (C=O) groups excluding carboxylic acids is 2. The van der Waals surface area contributed by atoms with Crippen molar-refractivity contribution in [1.29, 1.82) is 0 Å². The third-order valence-corrected chi connectivity index (χ3v) is 2.54. The van der Waals surface area contributed by atoms with E-state index in [-0.39, 0.29) is 6.04 Å². The lowest BCUT2D eigenvalue weighted by molar-refractivity contribution is -0.147. The molecule has 0 saturated carbocycles. The van der Waals surface area contributed by atoms with Crippen molar-refractivity contribution in [1.82, 2.24) is 10.6 Å². The van der Waals surface area contributed by atoms with E-state index in [0.717, 1.165) is 13.5 Å². The Hall–Kier alpha value is -1.83. The summed E-state index contributed by atoms with van der Waals surface area (Å²) in [5, 5.41) is 13.8. The van der Waals surface area contributed by atoms with Crippen LogP contribution in [-0.4, -0.2) is 56.0 Å². The van der Waals surface area contributed by atoms with Gasteiger partial charge in [-0.25, -0.2) is 9.59 Å². The molecule has 116 valence electrons. The molecule has 1 unspecified atom stereocenters. The van der Waals surface area contributed by atoms with E-state index < -0.39 is 30.4 Å². The average Bonchev–Trinajstić information content (AvgIpc) is 2.38. The van der Waals surface area contributed by atoms with Gasteiger partial charge in [0, 0.05) is 7.11 Å². The predicted molar refractivity (Wildman–Crippen MR) is 70.3 cm³/mol. The molecule has 2 atom stereocenters. The van der Waals surface area contributed by atoms with Crippen LogP contribution in [0.3, 0.4) is 0 Å². The van der Waals surface area contributed by atoms with Gasteiger partial charge in [0.2, 0.25) is 0 Å². The number of ether oxygens (including phenoxy) is 2. The van der Waals surface area contributed by atoms with Crippen molar-refractivity contribution in [2.45, 2.75) is 38.3 Å². The van der Waals surface area contributed by atoms with E-state index in [4.69, 9.17) is 9.84 Å². The van der Waals surface area contributed by atoms with Gasteiger partial charge in [0.25, 0.3) is 0 Å². The highest BCUT2D eigenvalue weighted by Gasteiger charge is 2.24. The number of esters is 1. The maximum Gasteiger partial charge on any atom is 0.326 e. The number of urea groups is 1. The molecule has 0 aromatic rings. The summed E-state index contributed by atoms with van der Waals surface area (Å²) in [5.41, 5.74) is 0. The Kier molecular flexibility index (Phi) is 9.10.